The SMILES string of the molecule is Cc1cc(-c2ccc(Br)cc2)nc(C2CCNC2)n1. The van der Waals surface area contributed by atoms with Crippen LogP contribution in [0.2, 0.25) is 0 Å². The Bertz CT molecular complexity index is 574. The molecule has 0 aliphatic carbocycles. The molecule has 1 aromatic carbocycles. The molecule has 0 amide bonds. The lowest BCUT2D eigenvalue weighted by atomic mass is 10.1. The number of hydrogen-bond acceptors (Lipinski definition) is 3. The second-order valence-corrected chi connectivity index (χ2v) is 5.87. The van der Waals surface area contributed by atoms with Gasteiger partial charge in [-0.15, -0.1) is 0 Å². The van der Waals surface area contributed by atoms with Gasteiger partial charge in [0, 0.05) is 28.2 Å². The van der Waals surface area contributed by atoms with Crippen LogP contribution in [0.1, 0.15) is 23.9 Å². The van der Waals surface area contributed by atoms with E-state index in [1.165, 1.54) is 0 Å². The first-order valence-electron chi connectivity index (χ1n) is 6.54. The van der Waals surface area contributed by atoms with Crippen LogP contribution in [0.15, 0.2) is 34.8 Å². The number of aryl methyl sites for hydroxylation is 1. The number of rotatable bonds is 2. The average molecular weight is 318 g/mol. The minimum Gasteiger partial charge on any atom is -0.316 e. The summed E-state index contributed by atoms with van der Waals surface area (Å²) < 4.78 is 1.09. The highest BCUT2D eigenvalue weighted by Gasteiger charge is 2.20. The zero-order chi connectivity index (χ0) is 13.2. The van der Waals surface area contributed by atoms with E-state index in [9.17, 15) is 0 Å². The second kappa shape index (κ2) is 5.39. The summed E-state index contributed by atoms with van der Waals surface area (Å²) in [6.45, 7) is 4.09. The van der Waals surface area contributed by atoms with Gasteiger partial charge in [-0.3, -0.25) is 0 Å². The minimum absolute atomic E-state index is 0.453. The number of nitrogens with zero attached hydrogens (tertiary/aromatic N) is 2. The van der Waals surface area contributed by atoms with Crippen molar-refractivity contribution in [3.63, 3.8) is 0 Å². The lowest BCUT2D eigenvalue weighted by molar-refractivity contribution is 0.698. The standard InChI is InChI=1S/C15H16BrN3/c1-10-8-14(11-2-4-13(16)5-3-11)19-15(18-10)12-6-7-17-9-12/h2-5,8,12,17H,6-7,9H2,1H3. The summed E-state index contributed by atoms with van der Waals surface area (Å²) in [7, 11) is 0. The summed E-state index contributed by atoms with van der Waals surface area (Å²) >= 11 is 3.46. The van der Waals surface area contributed by atoms with Crippen molar-refractivity contribution in [3.05, 3.63) is 46.3 Å². The first-order chi connectivity index (χ1) is 9.22. The monoisotopic (exact) mass is 317 g/mol. The van der Waals surface area contributed by atoms with Gasteiger partial charge in [0.2, 0.25) is 0 Å². The van der Waals surface area contributed by atoms with E-state index in [1.807, 2.05) is 19.1 Å². The van der Waals surface area contributed by atoms with E-state index in [-0.39, 0.29) is 0 Å². The molecular formula is C15H16BrN3. The quantitative estimate of drug-likeness (QED) is 0.923. The normalized spacial score (nSPS) is 18.7. The van der Waals surface area contributed by atoms with Crippen LogP contribution >= 0.6 is 15.9 Å². The van der Waals surface area contributed by atoms with Gasteiger partial charge < -0.3 is 5.32 Å². The van der Waals surface area contributed by atoms with Gasteiger partial charge in [0.05, 0.1) is 5.69 Å². The van der Waals surface area contributed by atoms with Gasteiger partial charge in [-0.1, -0.05) is 28.1 Å². The molecule has 4 heteroatoms. The molecule has 1 aliphatic heterocycles. The third-order valence-corrected chi connectivity index (χ3v) is 3.97. The molecular weight excluding hydrogens is 302 g/mol. The Kier molecular flexibility index (Phi) is 3.62. The molecule has 1 saturated heterocycles. The average Bonchev–Trinajstić information content (AvgIpc) is 2.93. The Hall–Kier alpha value is -1.26. The highest BCUT2D eigenvalue weighted by Crippen LogP contribution is 2.24. The summed E-state index contributed by atoms with van der Waals surface area (Å²) in [6, 6.07) is 10.3. The van der Waals surface area contributed by atoms with E-state index < -0.39 is 0 Å². The maximum Gasteiger partial charge on any atom is 0.133 e. The smallest absolute Gasteiger partial charge is 0.133 e. The molecule has 1 atom stereocenters. The van der Waals surface area contributed by atoms with E-state index in [2.05, 4.69) is 44.4 Å². The molecule has 1 N–H and O–H groups in total. The summed E-state index contributed by atoms with van der Waals surface area (Å²) in [5.41, 5.74) is 3.19. The van der Waals surface area contributed by atoms with Gasteiger partial charge in [0.25, 0.3) is 0 Å². The van der Waals surface area contributed by atoms with Crippen LogP contribution in [0.25, 0.3) is 11.3 Å². The van der Waals surface area contributed by atoms with Crippen LogP contribution in [0.3, 0.4) is 0 Å². The maximum atomic E-state index is 4.75. The predicted molar refractivity (Wildman–Crippen MR) is 80.1 cm³/mol. The molecule has 1 unspecified atom stereocenters. The lowest BCUT2D eigenvalue weighted by Crippen LogP contribution is -2.11. The zero-order valence-corrected chi connectivity index (χ0v) is 12.4. The fourth-order valence-corrected chi connectivity index (χ4v) is 2.68. The highest BCUT2D eigenvalue weighted by atomic mass is 79.9. The summed E-state index contributed by atoms with van der Waals surface area (Å²) in [5.74, 6) is 1.43. The number of benzene rings is 1. The van der Waals surface area contributed by atoms with Crippen LogP contribution in [0.4, 0.5) is 0 Å². The van der Waals surface area contributed by atoms with Crippen LogP contribution in [0, 0.1) is 6.92 Å². The van der Waals surface area contributed by atoms with Crippen molar-refractivity contribution in [2.45, 2.75) is 19.3 Å². The third-order valence-electron chi connectivity index (χ3n) is 3.44. The number of halogens is 1. The van der Waals surface area contributed by atoms with Crippen molar-refractivity contribution >= 4 is 15.9 Å². The topological polar surface area (TPSA) is 37.8 Å². The van der Waals surface area contributed by atoms with Gasteiger partial charge >= 0.3 is 0 Å². The fourth-order valence-electron chi connectivity index (χ4n) is 2.42. The van der Waals surface area contributed by atoms with Gasteiger partial charge in [0.1, 0.15) is 5.82 Å². The molecule has 0 bridgehead atoms. The van der Waals surface area contributed by atoms with E-state index in [0.717, 1.165) is 46.8 Å². The Morgan fingerprint density at radius 2 is 2.00 bits per heavy atom. The molecule has 2 aromatic rings. The van der Waals surface area contributed by atoms with Gasteiger partial charge in [-0.05, 0) is 38.1 Å². The molecule has 2 heterocycles. The molecule has 0 saturated carbocycles. The second-order valence-electron chi connectivity index (χ2n) is 4.95. The molecule has 1 aliphatic rings. The number of aromatic nitrogens is 2. The minimum atomic E-state index is 0.453. The Balaban J connectivity index is 1.99. The highest BCUT2D eigenvalue weighted by molar-refractivity contribution is 9.10. The van der Waals surface area contributed by atoms with E-state index in [1.54, 1.807) is 0 Å². The number of hydrogen-bond donors (Lipinski definition) is 1. The summed E-state index contributed by atoms with van der Waals surface area (Å²) in [6.07, 6.45) is 1.13. The van der Waals surface area contributed by atoms with Crippen molar-refractivity contribution in [2.75, 3.05) is 13.1 Å². The Morgan fingerprint density at radius 3 is 2.68 bits per heavy atom. The molecule has 1 fully saturated rings. The van der Waals surface area contributed by atoms with E-state index >= 15 is 0 Å². The number of nitrogens with one attached hydrogen (secondary N) is 1. The first kappa shape index (κ1) is 12.8. The molecule has 3 nitrogen and oxygen atoms in total. The largest absolute Gasteiger partial charge is 0.316 e. The van der Waals surface area contributed by atoms with Crippen molar-refractivity contribution in [2.24, 2.45) is 0 Å². The van der Waals surface area contributed by atoms with Crippen LogP contribution in [-0.4, -0.2) is 23.1 Å². The van der Waals surface area contributed by atoms with Gasteiger partial charge in [-0.25, -0.2) is 9.97 Å². The Labute approximate surface area is 121 Å². The summed E-state index contributed by atoms with van der Waals surface area (Å²) in [5, 5.41) is 3.37. The van der Waals surface area contributed by atoms with Crippen LogP contribution < -0.4 is 5.32 Å². The molecule has 0 spiro atoms. The predicted octanol–water partition coefficient (Wildman–Crippen LogP) is 3.29. The van der Waals surface area contributed by atoms with Crippen molar-refractivity contribution in [1.82, 2.24) is 15.3 Å². The zero-order valence-electron chi connectivity index (χ0n) is 10.9. The van der Waals surface area contributed by atoms with Crippen LogP contribution in [-0.2, 0) is 0 Å². The third kappa shape index (κ3) is 2.85. The molecule has 3 rings (SSSR count). The van der Waals surface area contributed by atoms with E-state index in [0.29, 0.717) is 5.92 Å². The van der Waals surface area contributed by atoms with Crippen molar-refractivity contribution < 1.29 is 0 Å². The first-order valence-corrected chi connectivity index (χ1v) is 7.34. The molecule has 1 aromatic heterocycles. The van der Waals surface area contributed by atoms with Gasteiger partial charge in [0.15, 0.2) is 0 Å². The van der Waals surface area contributed by atoms with E-state index in [4.69, 9.17) is 4.98 Å². The molecule has 98 valence electrons. The molecule has 0 radical (unpaired) electrons. The summed E-state index contributed by atoms with van der Waals surface area (Å²) in [4.78, 5) is 9.35. The maximum absolute atomic E-state index is 4.75. The Morgan fingerprint density at radius 1 is 1.21 bits per heavy atom. The van der Waals surface area contributed by atoms with Crippen LogP contribution in [0.5, 0.6) is 0 Å². The van der Waals surface area contributed by atoms with Crippen molar-refractivity contribution in [1.29, 1.82) is 0 Å². The fraction of sp³-hybridized carbons (Fsp3) is 0.333. The van der Waals surface area contributed by atoms with Crippen molar-refractivity contribution in [3.8, 4) is 11.3 Å². The lowest BCUT2D eigenvalue weighted by Gasteiger charge is -2.10. The van der Waals surface area contributed by atoms with Gasteiger partial charge in [-0.2, -0.15) is 0 Å². The molecule has 19 heavy (non-hydrogen) atoms.